The highest BCUT2D eigenvalue weighted by Gasteiger charge is 2.19. The Labute approximate surface area is 150 Å². The molecule has 0 aliphatic carbocycles. The van der Waals surface area contributed by atoms with Crippen molar-refractivity contribution in [3.05, 3.63) is 47.3 Å². The fraction of sp³-hybridized carbons (Fsp3) is 0.333. The summed E-state index contributed by atoms with van der Waals surface area (Å²) in [6.07, 6.45) is 0. The topological polar surface area (TPSA) is 111 Å². The maximum absolute atomic E-state index is 12.1. The monoisotopic (exact) mass is 359 g/mol. The number of ether oxygens (including phenoxy) is 1. The van der Waals surface area contributed by atoms with E-state index in [1.165, 1.54) is 13.0 Å². The van der Waals surface area contributed by atoms with Crippen molar-refractivity contribution in [3.63, 3.8) is 0 Å². The second kappa shape index (κ2) is 8.80. The molecule has 0 bridgehead atoms. The zero-order valence-electron chi connectivity index (χ0n) is 14.9. The lowest BCUT2D eigenvalue weighted by atomic mass is 10.1. The summed E-state index contributed by atoms with van der Waals surface area (Å²) >= 11 is 0. The van der Waals surface area contributed by atoms with Gasteiger partial charge in [0.15, 0.2) is 17.2 Å². The number of rotatable bonds is 8. The molecule has 2 rings (SSSR count). The Balaban J connectivity index is 1.93. The zero-order valence-corrected chi connectivity index (χ0v) is 14.9. The van der Waals surface area contributed by atoms with Crippen molar-refractivity contribution in [2.45, 2.75) is 33.4 Å². The van der Waals surface area contributed by atoms with Crippen LogP contribution in [0.2, 0.25) is 0 Å². The van der Waals surface area contributed by atoms with E-state index in [9.17, 15) is 14.4 Å². The lowest BCUT2D eigenvalue weighted by molar-refractivity contribution is -0.122. The summed E-state index contributed by atoms with van der Waals surface area (Å²) in [4.78, 5) is 35.1. The summed E-state index contributed by atoms with van der Waals surface area (Å²) < 4.78 is 10.6. The van der Waals surface area contributed by atoms with Gasteiger partial charge in [-0.3, -0.25) is 14.4 Å². The highest BCUT2D eigenvalue weighted by molar-refractivity contribution is 5.96. The second-order valence-corrected chi connectivity index (χ2v) is 5.64. The molecule has 0 unspecified atom stereocenters. The van der Waals surface area contributed by atoms with Crippen LogP contribution in [-0.4, -0.2) is 35.3 Å². The minimum absolute atomic E-state index is 0.0491. The molecule has 0 aliphatic heterocycles. The van der Waals surface area contributed by atoms with Gasteiger partial charge in [-0.1, -0.05) is 17.3 Å². The molecule has 2 N–H and O–H groups in total. The molecule has 1 atom stereocenters. The van der Waals surface area contributed by atoms with Crippen molar-refractivity contribution in [2.75, 3.05) is 6.54 Å². The number of aromatic nitrogens is 1. The van der Waals surface area contributed by atoms with Crippen LogP contribution in [0.25, 0.3) is 0 Å². The van der Waals surface area contributed by atoms with Crippen molar-refractivity contribution in [3.8, 4) is 5.75 Å². The second-order valence-electron chi connectivity index (χ2n) is 5.64. The van der Waals surface area contributed by atoms with Gasteiger partial charge in [0.05, 0.1) is 0 Å². The third-order valence-electron chi connectivity index (χ3n) is 3.51. The van der Waals surface area contributed by atoms with Crippen LogP contribution in [0.1, 0.15) is 47.4 Å². The van der Waals surface area contributed by atoms with Gasteiger partial charge in [-0.25, -0.2) is 0 Å². The molecular formula is C18H21N3O5. The number of hydrogen-bond donors (Lipinski definition) is 2. The molecule has 0 saturated heterocycles. The van der Waals surface area contributed by atoms with Crippen LogP contribution in [0.3, 0.4) is 0 Å². The van der Waals surface area contributed by atoms with Gasteiger partial charge >= 0.3 is 0 Å². The van der Waals surface area contributed by atoms with E-state index >= 15 is 0 Å². The molecule has 0 spiro atoms. The van der Waals surface area contributed by atoms with Gasteiger partial charge in [0.25, 0.3) is 5.91 Å². The van der Waals surface area contributed by atoms with Crippen LogP contribution in [-0.2, 0) is 11.4 Å². The number of Topliss-reactive ketones (excluding diaryl/α,β-unsaturated/α-hetero) is 1. The Morgan fingerprint density at radius 2 is 2.04 bits per heavy atom. The predicted molar refractivity (Wildman–Crippen MR) is 92.9 cm³/mol. The Bertz CT molecular complexity index is 800. The third kappa shape index (κ3) is 5.17. The number of likely N-dealkylation sites (N-methyl/N-ethyl adjacent to an activating group) is 1. The van der Waals surface area contributed by atoms with E-state index in [2.05, 4.69) is 15.8 Å². The molecule has 8 nitrogen and oxygen atoms in total. The number of ketones is 1. The normalized spacial score (nSPS) is 11.5. The molecule has 1 heterocycles. The van der Waals surface area contributed by atoms with Gasteiger partial charge in [-0.15, -0.1) is 0 Å². The number of hydrogen-bond acceptors (Lipinski definition) is 6. The Kier molecular flexibility index (Phi) is 6.48. The first-order chi connectivity index (χ1) is 12.4. The van der Waals surface area contributed by atoms with Crippen LogP contribution in [0, 0.1) is 0 Å². The Morgan fingerprint density at radius 3 is 2.73 bits per heavy atom. The molecule has 138 valence electrons. The Hall–Kier alpha value is -3.16. The van der Waals surface area contributed by atoms with Crippen LogP contribution in [0.4, 0.5) is 0 Å². The number of carbonyl (C=O) groups is 3. The van der Waals surface area contributed by atoms with E-state index in [0.29, 0.717) is 23.6 Å². The third-order valence-corrected chi connectivity index (χ3v) is 3.51. The lowest BCUT2D eigenvalue weighted by Gasteiger charge is -2.11. The van der Waals surface area contributed by atoms with Crippen LogP contribution in [0.5, 0.6) is 5.75 Å². The zero-order chi connectivity index (χ0) is 19.1. The lowest BCUT2D eigenvalue weighted by Crippen LogP contribution is -2.44. The fourth-order valence-corrected chi connectivity index (χ4v) is 2.11. The van der Waals surface area contributed by atoms with Crippen LogP contribution in [0.15, 0.2) is 34.9 Å². The van der Waals surface area contributed by atoms with Crippen LogP contribution >= 0.6 is 0 Å². The molecule has 0 aliphatic rings. The molecule has 2 aromatic rings. The first-order valence-electron chi connectivity index (χ1n) is 8.18. The average molecular weight is 359 g/mol. The predicted octanol–water partition coefficient (Wildman–Crippen LogP) is 1.71. The summed E-state index contributed by atoms with van der Waals surface area (Å²) in [5, 5.41) is 8.83. The highest BCUT2D eigenvalue weighted by Crippen LogP contribution is 2.16. The van der Waals surface area contributed by atoms with Crippen molar-refractivity contribution in [1.82, 2.24) is 15.8 Å². The first-order valence-corrected chi connectivity index (χ1v) is 8.18. The number of benzene rings is 1. The summed E-state index contributed by atoms with van der Waals surface area (Å²) in [5.74, 6) is -0.00936. The number of carbonyl (C=O) groups excluding carboxylic acids is 3. The highest BCUT2D eigenvalue weighted by atomic mass is 16.5. The first kappa shape index (κ1) is 19.2. The van der Waals surface area contributed by atoms with E-state index in [0.717, 1.165) is 0 Å². The smallest absolute Gasteiger partial charge is 0.274 e. The quantitative estimate of drug-likeness (QED) is 0.694. The maximum atomic E-state index is 12.1. The Morgan fingerprint density at radius 1 is 1.27 bits per heavy atom. The number of nitrogens with one attached hydrogen (secondary N) is 2. The van der Waals surface area contributed by atoms with Crippen LogP contribution < -0.4 is 15.4 Å². The molecule has 1 aromatic heterocycles. The van der Waals surface area contributed by atoms with Crippen molar-refractivity contribution >= 4 is 17.6 Å². The molecule has 26 heavy (non-hydrogen) atoms. The van der Waals surface area contributed by atoms with Gasteiger partial charge in [-0.2, -0.15) is 0 Å². The summed E-state index contributed by atoms with van der Waals surface area (Å²) in [6, 6.07) is 7.50. The molecule has 2 amide bonds. The fourth-order valence-electron chi connectivity index (χ4n) is 2.11. The standard InChI is InChI=1S/C18H21N3O5/c1-4-19-17(23)11(2)20-18(24)16-9-15(26-21-16)10-25-14-7-5-6-13(8-14)12(3)22/h5-9,11H,4,10H2,1-3H3,(H,19,23)(H,20,24)/t11-/m0/s1. The van der Waals surface area contributed by atoms with Crippen molar-refractivity contribution in [1.29, 1.82) is 0 Å². The molecular weight excluding hydrogens is 338 g/mol. The summed E-state index contributed by atoms with van der Waals surface area (Å²) in [5.41, 5.74) is 0.594. The summed E-state index contributed by atoms with van der Waals surface area (Å²) in [6.45, 7) is 5.38. The molecule has 0 radical (unpaired) electrons. The van der Waals surface area contributed by atoms with Gasteiger partial charge in [0.1, 0.15) is 18.4 Å². The van der Waals surface area contributed by atoms with Gasteiger partial charge in [0.2, 0.25) is 5.91 Å². The van der Waals surface area contributed by atoms with Crippen molar-refractivity contribution < 1.29 is 23.6 Å². The minimum atomic E-state index is -0.687. The van der Waals surface area contributed by atoms with Gasteiger partial charge in [0, 0.05) is 18.2 Å². The molecule has 0 fully saturated rings. The largest absolute Gasteiger partial charge is 0.486 e. The molecule has 0 saturated carbocycles. The van der Waals surface area contributed by atoms with E-state index in [4.69, 9.17) is 9.26 Å². The summed E-state index contributed by atoms with van der Waals surface area (Å²) in [7, 11) is 0. The molecule has 8 heteroatoms. The van der Waals surface area contributed by atoms with E-state index in [1.807, 2.05) is 0 Å². The maximum Gasteiger partial charge on any atom is 0.274 e. The SMILES string of the molecule is CCNC(=O)[C@H](C)NC(=O)c1cc(COc2cccc(C(C)=O)c2)on1. The minimum Gasteiger partial charge on any atom is -0.486 e. The van der Waals surface area contributed by atoms with Crippen molar-refractivity contribution in [2.24, 2.45) is 0 Å². The van der Waals surface area contributed by atoms with Gasteiger partial charge < -0.3 is 19.9 Å². The number of nitrogens with zero attached hydrogens (tertiary/aromatic N) is 1. The number of amides is 2. The average Bonchev–Trinajstić information content (AvgIpc) is 3.09. The van der Waals surface area contributed by atoms with E-state index < -0.39 is 11.9 Å². The van der Waals surface area contributed by atoms with Gasteiger partial charge in [-0.05, 0) is 32.9 Å². The van der Waals surface area contributed by atoms with E-state index in [1.54, 1.807) is 38.1 Å². The molecule has 1 aromatic carbocycles. The van der Waals surface area contributed by atoms with E-state index in [-0.39, 0.29) is 24.0 Å².